The zero-order valence-corrected chi connectivity index (χ0v) is 11.7. The van der Waals surface area contributed by atoms with Crippen LogP contribution in [0, 0.1) is 0 Å². The molecular weight excluding hydrogens is 265 g/mol. The fourth-order valence-electron chi connectivity index (χ4n) is 2.02. The molecule has 0 saturated heterocycles. The predicted molar refractivity (Wildman–Crippen MR) is 80.1 cm³/mol. The fraction of sp³-hybridized carbons (Fsp3) is 0.200. The normalized spacial score (nSPS) is 10.4. The van der Waals surface area contributed by atoms with Gasteiger partial charge in [-0.15, -0.1) is 11.6 Å². The number of nitrogens with zero attached hydrogens (tertiary/aromatic N) is 1. The summed E-state index contributed by atoms with van der Waals surface area (Å²) in [5.41, 5.74) is 3.33. The van der Waals surface area contributed by atoms with E-state index in [-0.39, 0.29) is 0 Å². The van der Waals surface area contributed by atoms with Gasteiger partial charge in [-0.3, -0.25) is 0 Å². The molecule has 0 bridgehead atoms. The minimum atomic E-state index is 0.458. The molecule has 0 radical (unpaired) electrons. The van der Waals surface area contributed by atoms with E-state index in [1.807, 2.05) is 36.4 Å². The molecule has 0 atom stereocenters. The second-order valence-electron chi connectivity index (χ2n) is 3.99. The van der Waals surface area contributed by atoms with Crippen molar-refractivity contribution in [3.63, 3.8) is 0 Å². The maximum atomic E-state index is 6.01. The second-order valence-corrected chi connectivity index (χ2v) is 4.69. The first-order valence-electron chi connectivity index (χ1n) is 5.93. The van der Waals surface area contributed by atoms with Crippen molar-refractivity contribution in [2.75, 3.05) is 11.4 Å². The fourth-order valence-corrected chi connectivity index (χ4v) is 2.43. The van der Waals surface area contributed by atoms with Gasteiger partial charge in [-0.1, -0.05) is 29.8 Å². The molecule has 3 heteroatoms. The Morgan fingerprint density at radius 3 is 2.39 bits per heavy atom. The monoisotopic (exact) mass is 279 g/mol. The van der Waals surface area contributed by atoms with Gasteiger partial charge in [0.25, 0.3) is 0 Å². The first-order valence-corrected chi connectivity index (χ1v) is 6.84. The summed E-state index contributed by atoms with van der Waals surface area (Å²) in [6.45, 7) is 3.01. The largest absolute Gasteiger partial charge is 0.342 e. The molecule has 2 aromatic rings. The zero-order chi connectivity index (χ0) is 13.0. The lowest BCUT2D eigenvalue weighted by Gasteiger charge is -2.25. The van der Waals surface area contributed by atoms with Gasteiger partial charge < -0.3 is 4.90 Å². The van der Waals surface area contributed by atoms with Crippen molar-refractivity contribution >= 4 is 34.6 Å². The number of alkyl halides is 1. The molecule has 18 heavy (non-hydrogen) atoms. The highest BCUT2D eigenvalue weighted by Crippen LogP contribution is 2.31. The molecular formula is C15H15Cl2N. The van der Waals surface area contributed by atoms with Crippen LogP contribution in [0.25, 0.3) is 0 Å². The number of rotatable bonds is 4. The predicted octanol–water partition coefficient (Wildman–Crippen LogP) is 5.24. The number of benzene rings is 2. The summed E-state index contributed by atoms with van der Waals surface area (Å²) in [6.07, 6.45) is 0. The third-order valence-corrected chi connectivity index (χ3v) is 3.38. The Bertz CT molecular complexity index is 511. The lowest BCUT2D eigenvalue weighted by atomic mass is 10.1. The maximum Gasteiger partial charge on any atom is 0.0495 e. The van der Waals surface area contributed by atoms with Gasteiger partial charge in [-0.25, -0.2) is 0 Å². The minimum Gasteiger partial charge on any atom is -0.342 e. The van der Waals surface area contributed by atoms with Crippen LogP contribution in [0.4, 0.5) is 11.4 Å². The van der Waals surface area contributed by atoms with E-state index in [0.29, 0.717) is 5.88 Å². The average Bonchev–Trinajstić information content (AvgIpc) is 2.42. The van der Waals surface area contributed by atoms with Crippen molar-refractivity contribution in [3.05, 3.63) is 59.1 Å². The highest BCUT2D eigenvalue weighted by atomic mass is 35.5. The van der Waals surface area contributed by atoms with Crippen molar-refractivity contribution in [1.29, 1.82) is 0 Å². The van der Waals surface area contributed by atoms with Crippen LogP contribution >= 0.6 is 23.2 Å². The molecule has 0 fully saturated rings. The van der Waals surface area contributed by atoms with Gasteiger partial charge in [0, 0.05) is 28.8 Å². The molecule has 1 nitrogen and oxygen atoms in total. The van der Waals surface area contributed by atoms with Gasteiger partial charge >= 0.3 is 0 Å². The third-order valence-electron chi connectivity index (χ3n) is 2.86. The molecule has 0 aromatic heterocycles. The van der Waals surface area contributed by atoms with Crippen LogP contribution in [0.15, 0.2) is 48.5 Å². The molecule has 0 amide bonds. The summed E-state index contributed by atoms with van der Waals surface area (Å²) in [6, 6.07) is 16.1. The highest BCUT2D eigenvalue weighted by Gasteiger charge is 2.11. The standard InChI is InChI=1S/C15H15Cl2N/c1-2-18(14-6-4-3-5-7-14)15-9-8-13(17)10-12(15)11-16/h3-10H,2,11H2,1H3. The van der Waals surface area contributed by atoms with E-state index in [2.05, 4.69) is 24.0 Å². The van der Waals surface area contributed by atoms with Crippen molar-refractivity contribution in [3.8, 4) is 0 Å². The Morgan fingerprint density at radius 1 is 1.06 bits per heavy atom. The molecule has 2 aromatic carbocycles. The van der Waals surface area contributed by atoms with E-state index in [4.69, 9.17) is 23.2 Å². The Morgan fingerprint density at radius 2 is 1.78 bits per heavy atom. The smallest absolute Gasteiger partial charge is 0.0495 e. The lowest BCUT2D eigenvalue weighted by Crippen LogP contribution is -2.17. The van der Waals surface area contributed by atoms with Crippen LogP contribution in [0.3, 0.4) is 0 Å². The highest BCUT2D eigenvalue weighted by molar-refractivity contribution is 6.30. The third kappa shape index (κ3) is 2.80. The Hall–Kier alpha value is -1.18. The first kappa shape index (κ1) is 13.3. The summed E-state index contributed by atoms with van der Waals surface area (Å²) in [4.78, 5) is 2.23. The van der Waals surface area contributed by atoms with Crippen molar-refractivity contribution in [1.82, 2.24) is 0 Å². The number of hydrogen-bond acceptors (Lipinski definition) is 1. The van der Waals surface area contributed by atoms with E-state index in [0.717, 1.165) is 28.5 Å². The molecule has 0 heterocycles. The van der Waals surface area contributed by atoms with Crippen LogP contribution in [0.5, 0.6) is 0 Å². The van der Waals surface area contributed by atoms with E-state index in [1.54, 1.807) is 0 Å². The molecule has 0 aliphatic heterocycles. The van der Waals surface area contributed by atoms with Gasteiger partial charge in [0.2, 0.25) is 0 Å². The number of para-hydroxylation sites is 1. The number of anilines is 2. The molecule has 0 aliphatic carbocycles. The molecule has 0 aliphatic rings. The summed E-state index contributed by atoms with van der Waals surface area (Å²) >= 11 is 12.0. The van der Waals surface area contributed by atoms with E-state index in [9.17, 15) is 0 Å². The summed E-state index contributed by atoms with van der Waals surface area (Å²) in [5, 5.41) is 0.721. The molecule has 0 spiro atoms. The molecule has 0 saturated carbocycles. The van der Waals surface area contributed by atoms with Gasteiger partial charge in [0.1, 0.15) is 0 Å². The van der Waals surface area contributed by atoms with Crippen LogP contribution in [0.2, 0.25) is 5.02 Å². The number of hydrogen-bond donors (Lipinski definition) is 0. The van der Waals surface area contributed by atoms with Crippen LogP contribution in [-0.4, -0.2) is 6.54 Å². The van der Waals surface area contributed by atoms with Crippen molar-refractivity contribution < 1.29 is 0 Å². The minimum absolute atomic E-state index is 0.458. The summed E-state index contributed by atoms with van der Waals surface area (Å²) in [5.74, 6) is 0.458. The molecule has 2 rings (SSSR count). The average molecular weight is 280 g/mol. The first-order chi connectivity index (χ1) is 8.76. The van der Waals surface area contributed by atoms with Gasteiger partial charge in [0.15, 0.2) is 0 Å². The van der Waals surface area contributed by atoms with Crippen LogP contribution in [0.1, 0.15) is 12.5 Å². The van der Waals surface area contributed by atoms with Gasteiger partial charge in [-0.05, 0) is 42.8 Å². The quantitative estimate of drug-likeness (QED) is 0.692. The maximum absolute atomic E-state index is 6.01. The van der Waals surface area contributed by atoms with Crippen LogP contribution < -0.4 is 4.90 Å². The molecule has 0 unspecified atom stereocenters. The summed E-state index contributed by atoms with van der Waals surface area (Å²) < 4.78 is 0. The van der Waals surface area contributed by atoms with Crippen molar-refractivity contribution in [2.45, 2.75) is 12.8 Å². The lowest BCUT2D eigenvalue weighted by molar-refractivity contribution is 1.01. The van der Waals surface area contributed by atoms with Gasteiger partial charge in [0.05, 0.1) is 0 Å². The molecule has 94 valence electrons. The van der Waals surface area contributed by atoms with E-state index in [1.165, 1.54) is 0 Å². The Labute approximate surface area is 118 Å². The van der Waals surface area contributed by atoms with Crippen LogP contribution in [-0.2, 0) is 5.88 Å². The van der Waals surface area contributed by atoms with E-state index >= 15 is 0 Å². The zero-order valence-electron chi connectivity index (χ0n) is 10.2. The van der Waals surface area contributed by atoms with Gasteiger partial charge in [-0.2, -0.15) is 0 Å². The summed E-state index contributed by atoms with van der Waals surface area (Å²) in [7, 11) is 0. The SMILES string of the molecule is CCN(c1ccccc1)c1ccc(Cl)cc1CCl. The Balaban J connectivity index is 2.45. The second kappa shape index (κ2) is 6.12. The Kier molecular flexibility index (Phi) is 4.51. The molecule has 0 N–H and O–H groups in total. The van der Waals surface area contributed by atoms with Crippen molar-refractivity contribution in [2.24, 2.45) is 0 Å². The topological polar surface area (TPSA) is 3.24 Å². The number of halogens is 2. The van der Waals surface area contributed by atoms with E-state index < -0.39 is 0 Å².